The van der Waals surface area contributed by atoms with Gasteiger partial charge in [-0.05, 0) is 49.3 Å². The second-order valence-electron chi connectivity index (χ2n) is 5.54. The van der Waals surface area contributed by atoms with Gasteiger partial charge in [-0.1, -0.05) is 12.1 Å². The molecule has 4 nitrogen and oxygen atoms in total. The van der Waals surface area contributed by atoms with Gasteiger partial charge >= 0.3 is 5.97 Å². The number of hydrogen-bond donors (Lipinski definition) is 1. The van der Waals surface area contributed by atoms with Crippen molar-refractivity contribution in [1.29, 1.82) is 0 Å². The number of hydrogen-bond acceptors (Lipinski definition) is 4. The summed E-state index contributed by atoms with van der Waals surface area (Å²) in [5, 5.41) is 10.1. The van der Waals surface area contributed by atoms with E-state index in [4.69, 9.17) is 4.74 Å². The van der Waals surface area contributed by atoms with E-state index < -0.39 is 12.1 Å². The highest BCUT2D eigenvalue weighted by Gasteiger charge is 2.27. The first-order valence-electron chi connectivity index (χ1n) is 7.46. The summed E-state index contributed by atoms with van der Waals surface area (Å²) < 4.78 is 4.91. The van der Waals surface area contributed by atoms with Gasteiger partial charge in [0.1, 0.15) is 0 Å². The maximum atomic E-state index is 11.7. The summed E-state index contributed by atoms with van der Waals surface area (Å²) in [4.78, 5) is 14.1. The van der Waals surface area contributed by atoms with Crippen molar-refractivity contribution >= 4 is 11.7 Å². The molecule has 0 radical (unpaired) electrons. The number of benzene rings is 1. The van der Waals surface area contributed by atoms with E-state index in [2.05, 4.69) is 4.90 Å². The molecule has 2 aliphatic heterocycles. The largest absolute Gasteiger partial charge is 0.464 e. The standard InChI is InChI=1S/C16H21NO3/c1-2-20-16(19)15(18)13-9-11-5-3-7-17-8-4-6-12(10-13)14(11)17/h9-10,15,18H,2-8H2,1H3/t15-/m0/s1. The average molecular weight is 275 g/mol. The fraction of sp³-hybridized carbons (Fsp3) is 0.562. The fourth-order valence-electron chi connectivity index (χ4n) is 3.35. The predicted molar refractivity (Wildman–Crippen MR) is 76.9 cm³/mol. The summed E-state index contributed by atoms with van der Waals surface area (Å²) in [6.45, 7) is 4.29. The summed E-state index contributed by atoms with van der Waals surface area (Å²) in [5.41, 5.74) is 4.57. The Morgan fingerprint density at radius 1 is 1.30 bits per heavy atom. The van der Waals surface area contributed by atoms with Crippen LogP contribution < -0.4 is 4.90 Å². The van der Waals surface area contributed by atoms with Crippen molar-refractivity contribution in [3.8, 4) is 0 Å². The van der Waals surface area contributed by atoms with E-state index in [0.717, 1.165) is 38.8 Å². The lowest BCUT2D eigenvalue weighted by atomic mass is 9.89. The quantitative estimate of drug-likeness (QED) is 0.857. The zero-order valence-corrected chi connectivity index (χ0v) is 11.9. The van der Waals surface area contributed by atoms with Crippen LogP contribution in [-0.2, 0) is 22.4 Å². The smallest absolute Gasteiger partial charge is 0.339 e. The van der Waals surface area contributed by atoms with Crippen molar-refractivity contribution in [2.45, 2.75) is 38.7 Å². The van der Waals surface area contributed by atoms with Crippen molar-refractivity contribution in [3.63, 3.8) is 0 Å². The number of esters is 1. The number of carbonyl (C=O) groups is 1. The van der Waals surface area contributed by atoms with E-state index in [1.165, 1.54) is 16.8 Å². The van der Waals surface area contributed by atoms with Gasteiger partial charge < -0.3 is 14.7 Å². The number of rotatable bonds is 3. The number of carbonyl (C=O) groups excluding carboxylic acids is 1. The summed E-state index contributed by atoms with van der Waals surface area (Å²) >= 11 is 0. The summed E-state index contributed by atoms with van der Waals surface area (Å²) in [6.07, 6.45) is 3.19. The first-order valence-corrected chi connectivity index (χ1v) is 7.46. The summed E-state index contributed by atoms with van der Waals surface area (Å²) in [7, 11) is 0. The highest BCUT2D eigenvalue weighted by Crippen LogP contribution is 2.37. The molecular weight excluding hydrogens is 254 g/mol. The third-order valence-electron chi connectivity index (χ3n) is 4.18. The maximum Gasteiger partial charge on any atom is 0.339 e. The zero-order valence-electron chi connectivity index (χ0n) is 11.9. The Labute approximate surface area is 119 Å². The predicted octanol–water partition coefficient (Wildman–Crippen LogP) is 1.98. The molecule has 2 aliphatic rings. The second kappa shape index (κ2) is 5.44. The SMILES string of the molecule is CCOC(=O)[C@@H](O)c1cc2c3c(c1)CCCN3CCC2. The molecule has 3 rings (SSSR count). The van der Waals surface area contributed by atoms with Gasteiger partial charge in [0.15, 0.2) is 6.10 Å². The summed E-state index contributed by atoms with van der Waals surface area (Å²) in [6, 6.07) is 3.97. The van der Waals surface area contributed by atoms with Crippen molar-refractivity contribution in [2.24, 2.45) is 0 Å². The molecule has 2 heterocycles. The van der Waals surface area contributed by atoms with Crippen LogP contribution in [0.25, 0.3) is 0 Å². The van der Waals surface area contributed by atoms with E-state index in [1.807, 2.05) is 12.1 Å². The van der Waals surface area contributed by atoms with Crippen LogP contribution in [-0.4, -0.2) is 30.8 Å². The van der Waals surface area contributed by atoms with Gasteiger partial charge in [0.25, 0.3) is 0 Å². The third-order valence-corrected chi connectivity index (χ3v) is 4.18. The topological polar surface area (TPSA) is 49.8 Å². The molecule has 0 aliphatic carbocycles. The van der Waals surface area contributed by atoms with Gasteiger partial charge in [-0.15, -0.1) is 0 Å². The molecule has 108 valence electrons. The van der Waals surface area contributed by atoms with Gasteiger partial charge in [-0.3, -0.25) is 0 Å². The van der Waals surface area contributed by atoms with Crippen LogP contribution in [0.2, 0.25) is 0 Å². The number of nitrogens with zero attached hydrogens (tertiary/aromatic N) is 1. The molecule has 0 spiro atoms. The molecule has 0 saturated heterocycles. The van der Waals surface area contributed by atoms with Crippen molar-refractivity contribution in [3.05, 3.63) is 28.8 Å². The van der Waals surface area contributed by atoms with Crippen LogP contribution >= 0.6 is 0 Å². The number of aliphatic hydroxyl groups is 1. The van der Waals surface area contributed by atoms with Gasteiger partial charge in [0.2, 0.25) is 0 Å². The number of ether oxygens (including phenoxy) is 1. The zero-order chi connectivity index (χ0) is 14.1. The lowest BCUT2D eigenvalue weighted by molar-refractivity contribution is -0.153. The van der Waals surface area contributed by atoms with E-state index in [-0.39, 0.29) is 0 Å². The minimum Gasteiger partial charge on any atom is -0.464 e. The normalized spacial score (nSPS) is 18.4. The molecule has 4 heteroatoms. The number of aliphatic hydroxyl groups excluding tert-OH is 1. The Hall–Kier alpha value is -1.55. The van der Waals surface area contributed by atoms with E-state index in [1.54, 1.807) is 6.92 Å². The Morgan fingerprint density at radius 2 is 1.90 bits per heavy atom. The number of aryl methyl sites for hydroxylation is 2. The second-order valence-corrected chi connectivity index (χ2v) is 5.54. The molecule has 0 aromatic heterocycles. The van der Waals surface area contributed by atoms with E-state index in [0.29, 0.717) is 12.2 Å². The van der Waals surface area contributed by atoms with E-state index in [9.17, 15) is 9.90 Å². The van der Waals surface area contributed by atoms with Gasteiger partial charge in [0, 0.05) is 18.8 Å². The van der Waals surface area contributed by atoms with Crippen LogP contribution in [0.4, 0.5) is 5.69 Å². The van der Waals surface area contributed by atoms with E-state index >= 15 is 0 Å². The summed E-state index contributed by atoms with van der Waals surface area (Å²) in [5.74, 6) is -0.553. The molecule has 20 heavy (non-hydrogen) atoms. The minimum atomic E-state index is -1.16. The molecular formula is C16H21NO3. The molecule has 0 bridgehead atoms. The van der Waals surface area contributed by atoms with Crippen LogP contribution in [0.15, 0.2) is 12.1 Å². The molecule has 1 aromatic rings. The highest BCUT2D eigenvalue weighted by molar-refractivity contribution is 5.77. The van der Waals surface area contributed by atoms with Crippen molar-refractivity contribution in [2.75, 3.05) is 24.6 Å². The van der Waals surface area contributed by atoms with Gasteiger partial charge in [0.05, 0.1) is 6.61 Å². The molecule has 0 unspecified atom stereocenters. The molecule has 1 atom stereocenters. The lowest BCUT2D eigenvalue weighted by Crippen LogP contribution is -2.34. The van der Waals surface area contributed by atoms with Gasteiger partial charge in [-0.2, -0.15) is 0 Å². The maximum absolute atomic E-state index is 11.7. The first kappa shape index (κ1) is 13.4. The molecule has 0 saturated carbocycles. The Balaban J connectivity index is 1.96. The highest BCUT2D eigenvalue weighted by atomic mass is 16.5. The first-order chi connectivity index (χ1) is 9.70. The Morgan fingerprint density at radius 3 is 2.45 bits per heavy atom. The van der Waals surface area contributed by atoms with Crippen LogP contribution in [0.1, 0.15) is 42.6 Å². The molecule has 1 N–H and O–H groups in total. The third kappa shape index (κ3) is 2.29. The van der Waals surface area contributed by atoms with Gasteiger partial charge in [-0.25, -0.2) is 4.79 Å². The van der Waals surface area contributed by atoms with Crippen molar-refractivity contribution < 1.29 is 14.6 Å². The Kier molecular flexibility index (Phi) is 3.66. The fourth-order valence-corrected chi connectivity index (χ4v) is 3.35. The number of anilines is 1. The lowest BCUT2D eigenvalue weighted by Gasteiger charge is -2.37. The average Bonchev–Trinajstić information content (AvgIpc) is 2.47. The minimum absolute atomic E-state index is 0.293. The monoisotopic (exact) mass is 275 g/mol. The van der Waals surface area contributed by atoms with Crippen molar-refractivity contribution in [1.82, 2.24) is 0 Å². The van der Waals surface area contributed by atoms with Crippen LogP contribution in [0.5, 0.6) is 0 Å². The van der Waals surface area contributed by atoms with Crippen LogP contribution in [0.3, 0.4) is 0 Å². The van der Waals surface area contributed by atoms with Crippen LogP contribution in [0, 0.1) is 0 Å². The molecule has 1 aromatic carbocycles. The molecule has 0 fully saturated rings. The Bertz CT molecular complexity index is 495. The molecule has 0 amide bonds.